The van der Waals surface area contributed by atoms with Crippen LogP contribution in [0.5, 0.6) is 0 Å². The van der Waals surface area contributed by atoms with Gasteiger partial charge in [0.05, 0.1) is 11.3 Å². The van der Waals surface area contributed by atoms with Gasteiger partial charge in [-0.1, -0.05) is 25.7 Å². The molecule has 0 saturated heterocycles. The number of alkyl halides is 3. The number of rotatable bonds is 4. The Balaban J connectivity index is 1.78. The van der Waals surface area contributed by atoms with Crippen LogP contribution in [0.25, 0.3) is 0 Å². The first-order chi connectivity index (χ1) is 11.4. The van der Waals surface area contributed by atoms with Crippen molar-refractivity contribution in [2.45, 2.75) is 69.5 Å². The highest BCUT2D eigenvalue weighted by atomic mass is 19.4. The molecule has 2 aliphatic carbocycles. The third-order valence-electron chi connectivity index (χ3n) is 5.35. The lowest BCUT2D eigenvalue weighted by Gasteiger charge is -2.35. The zero-order valence-electron chi connectivity index (χ0n) is 13.9. The van der Waals surface area contributed by atoms with Gasteiger partial charge >= 0.3 is 6.18 Å². The highest BCUT2D eigenvalue weighted by molar-refractivity contribution is 5.95. The van der Waals surface area contributed by atoms with Crippen LogP contribution in [0.3, 0.4) is 0 Å². The topological polar surface area (TPSA) is 46.9 Å². The molecule has 3 rings (SSSR count). The van der Waals surface area contributed by atoms with Crippen molar-refractivity contribution in [1.29, 1.82) is 0 Å². The summed E-state index contributed by atoms with van der Waals surface area (Å²) in [7, 11) is 1.70. The molecule has 1 aromatic rings. The predicted octanol–water partition coefficient (Wildman–Crippen LogP) is 3.93. The Morgan fingerprint density at radius 3 is 2.42 bits per heavy atom. The lowest BCUT2D eigenvalue weighted by molar-refractivity contribution is -0.171. The van der Waals surface area contributed by atoms with Gasteiger partial charge in [0.25, 0.3) is 5.91 Å². The molecule has 0 aliphatic heterocycles. The van der Waals surface area contributed by atoms with Crippen molar-refractivity contribution in [2.75, 3.05) is 0 Å². The summed E-state index contributed by atoms with van der Waals surface area (Å²) in [4.78, 5) is 12.6. The average molecular weight is 343 g/mol. The van der Waals surface area contributed by atoms with Gasteiger partial charge in [0, 0.05) is 19.2 Å². The Bertz CT molecular complexity index is 586. The Hall–Kier alpha value is -1.53. The van der Waals surface area contributed by atoms with Crippen molar-refractivity contribution >= 4 is 5.91 Å². The molecule has 0 aromatic carbocycles. The minimum absolute atomic E-state index is 0.175. The molecule has 7 heteroatoms. The molecule has 24 heavy (non-hydrogen) atoms. The van der Waals surface area contributed by atoms with Crippen LogP contribution in [0.15, 0.2) is 6.20 Å². The Morgan fingerprint density at radius 1 is 1.21 bits per heavy atom. The molecule has 2 saturated carbocycles. The molecule has 0 bridgehead atoms. The second kappa shape index (κ2) is 6.76. The normalized spacial score (nSPS) is 21.3. The molecule has 1 aromatic heterocycles. The van der Waals surface area contributed by atoms with Crippen molar-refractivity contribution in [1.82, 2.24) is 15.1 Å². The van der Waals surface area contributed by atoms with E-state index in [-0.39, 0.29) is 5.92 Å². The Kier molecular flexibility index (Phi) is 4.88. The number of nitrogens with zero attached hydrogens (tertiary/aromatic N) is 2. The van der Waals surface area contributed by atoms with Crippen LogP contribution in [-0.2, 0) is 7.05 Å². The third kappa shape index (κ3) is 3.59. The van der Waals surface area contributed by atoms with E-state index >= 15 is 0 Å². The van der Waals surface area contributed by atoms with E-state index in [9.17, 15) is 18.0 Å². The minimum Gasteiger partial charge on any atom is -0.340 e. The van der Waals surface area contributed by atoms with E-state index in [0.717, 1.165) is 32.1 Å². The lowest BCUT2D eigenvalue weighted by atomic mass is 9.79. The molecule has 0 radical (unpaired) electrons. The third-order valence-corrected chi connectivity index (χ3v) is 5.35. The zero-order valence-corrected chi connectivity index (χ0v) is 13.9. The second-order valence-electron chi connectivity index (χ2n) is 7.12. The van der Waals surface area contributed by atoms with Crippen LogP contribution < -0.4 is 5.32 Å². The van der Waals surface area contributed by atoms with Gasteiger partial charge in [0.1, 0.15) is 6.04 Å². The van der Waals surface area contributed by atoms with Gasteiger partial charge in [-0.25, -0.2) is 0 Å². The van der Waals surface area contributed by atoms with E-state index in [0.29, 0.717) is 24.1 Å². The van der Waals surface area contributed by atoms with Crippen molar-refractivity contribution in [3.05, 3.63) is 17.5 Å². The Labute approximate surface area is 139 Å². The number of aryl methyl sites for hydroxylation is 1. The molecule has 4 nitrogen and oxygen atoms in total. The summed E-state index contributed by atoms with van der Waals surface area (Å²) in [5.41, 5.74) is 0.960. The number of nitrogens with one attached hydrogen (secondary N) is 1. The summed E-state index contributed by atoms with van der Waals surface area (Å²) >= 11 is 0. The number of carbonyl (C=O) groups is 1. The SMILES string of the molecule is Cn1cc(C(=O)NC(C2CCC2)C(F)(F)F)c(C2CCCCC2)n1. The maximum atomic E-state index is 13.3. The van der Waals surface area contributed by atoms with Gasteiger partial charge in [-0.05, 0) is 31.6 Å². The van der Waals surface area contributed by atoms with Gasteiger partial charge in [0.2, 0.25) is 0 Å². The van der Waals surface area contributed by atoms with Crippen LogP contribution in [0, 0.1) is 5.92 Å². The predicted molar refractivity (Wildman–Crippen MR) is 83.7 cm³/mol. The maximum absolute atomic E-state index is 13.3. The van der Waals surface area contributed by atoms with Crippen LogP contribution in [-0.4, -0.2) is 27.9 Å². The zero-order chi connectivity index (χ0) is 17.3. The fourth-order valence-electron chi connectivity index (χ4n) is 3.82. The quantitative estimate of drug-likeness (QED) is 0.900. The van der Waals surface area contributed by atoms with Crippen molar-refractivity contribution < 1.29 is 18.0 Å². The Morgan fingerprint density at radius 2 is 1.88 bits per heavy atom. The molecule has 1 heterocycles. The number of amides is 1. The standard InChI is InChI=1S/C17H24F3N3O/c1-23-10-13(14(22-23)11-6-3-2-4-7-11)16(24)21-15(17(18,19)20)12-8-5-9-12/h10-12,15H,2-9H2,1H3,(H,21,24). The van der Waals surface area contributed by atoms with Crippen LogP contribution in [0.1, 0.15) is 73.3 Å². The van der Waals surface area contributed by atoms with Gasteiger partial charge in [-0.2, -0.15) is 18.3 Å². The second-order valence-corrected chi connectivity index (χ2v) is 7.12. The highest BCUT2D eigenvalue weighted by Crippen LogP contribution is 2.38. The number of carbonyl (C=O) groups excluding carboxylic acids is 1. The van der Waals surface area contributed by atoms with E-state index in [4.69, 9.17) is 0 Å². The molecular weight excluding hydrogens is 319 g/mol. The van der Waals surface area contributed by atoms with E-state index in [2.05, 4.69) is 10.4 Å². The summed E-state index contributed by atoms with van der Waals surface area (Å²) in [6, 6.07) is -1.75. The van der Waals surface area contributed by atoms with Crippen molar-refractivity contribution in [2.24, 2.45) is 13.0 Å². The summed E-state index contributed by atoms with van der Waals surface area (Å²) < 4.78 is 41.4. The first kappa shape index (κ1) is 17.3. The van der Waals surface area contributed by atoms with Crippen LogP contribution in [0.4, 0.5) is 13.2 Å². The smallest absolute Gasteiger partial charge is 0.340 e. The van der Waals surface area contributed by atoms with Gasteiger partial charge in [-0.15, -0.1) is 0 Å². The number of halogens is 3. The molecule has 0 spiro atoms. The first-order valence-corrected chi connectivity index (χ1v) is 8.77. The van der Waals surface area contributed by atoms with Gasteiger partial charge in [-0.3, -0.25) is 9.48 Å². The average Bonchev–Trinajstić information content (AvgIpc) is 2.87. The molecule has 134 valence electrons. The van der Waals surface area contributed by atoms with E-state index in [1.165, 1.54) is 11.1 Å². The largest absolute Gasteiger partial charge is 0.408 e. The van der Waals surface area contributed by atoms with Gasteiger partial charge in [0.15, 0.2) is 0 Å². The molecule has 2 fully saturated rings. The molecular formula is C17H24F3N3O. The van der Waals surface area contributed by atoms with Gasteiger partial charge < -0.3 is 5.32 Å². The summed E-state index contributed by atoms with van der Waals surface area (Å²) in [5.74, 6) is -0.963. The summed E-state index contributed by atoms with van der Waals surface area (Å²) in [6.07, 6.45) is 4.20. The van der Waals surface area contributed by atoms with Crippen molar-refractivity contribution in [3.63, 3.8) is 0 Å². The minimum atomic E-state index is -4.41. The van der Waals surface area contributed by atoms with E-state index < -0.39 is 24.0 Å². The molecule has 1 N–H and O–H groups in total. The summed E-state index contributed by atoms with van der Waals surface area (Å²) in [6.45, 7) is 0. The van der Waals surface area contributed by atoms with E-state index in [1.807, 2.05) is 0 Å². The molecule has 1 amide bonds. The van der Waals surface area contributed by atoms with Crippen molar-refractivity contribution in [3.8, 4) is 0 Å². The maximum Gasteiger partial charge on any atom is 0.408 e. The number of hydrogen-bond acceptors (Lipinski definition) is 2. The fraction of sp³-hybridized carbons (Fsp3) is 0.765. The highest BCUT2D eigenvalue weighted by Gasteiger charge is 2.47. The first-order valence-electron chi connectivity index (χ1n) is 8.77. The fourth-order valence-corrected chi connectivity index (χ4v) is 3.82. The molecule has 1 unspecified atom stereocenters. The van der Waals surface area contributed by atoms with E-state index in [1.54, 1.807) is 13.2 Å². The summed E-state index contributed by atoms with van der Waals surface area (Å²) in [5, 5.41) is 6.63. The number of aromatic nitrogens is 2. The molecule has 1 atom stereocenters. The lowest BCUT2D eigenvalue weighted by Crippen LogP contribution is -2.52. The van der Waals surface area contributed by atoms with Crippen LogP contribution in [0.2, 0.25) is 0 Å². The molecule has 2 aliphatic rings. The van der Waals surface area contributed by atoms with Crippen LogP contribution >= 0.6 is 0 Å². The number of hydrogen-bond donors (Lipinski definition) is 1. The monoisotopic (exact) mass is 343 g/mol.